The molecule has 0 radical (unpaired) electrons. The monoisotopic (exact) mass is 344 g/mol. The number of benzene rings is 1. The highest BCUT2D eigenvalue weighted by molar-refractivity contribution is 7.17. The van der Waals surface area contributed by atoms with Gasteiger partial charge in [-0.3, -0.25) is 14.2 Å². The summed E-state index contributed by atoms with van der Waals surface area (Å²) in [6.45, 7) is 0.113. The van der Waals surface area contributed by atoms with Gasteiger partial charge in [-0.05, 0) is 30.5 Å². The first kappa shape index (κ1) is 14.6. The fourth-order valence-corrected chi connectivity index (χ4v) is 3.66. The van der Waals surface area contributed by atoms with Gasteiger partial charge in [-0.25, -0.2) is 4.98 Å². The Kier molecular flexibility index (Phi) is 3.54. The van der Waals surface area contributed by atoms with E-state index in [1.807, 2.05) is 17.5 Å². The van der Waals surface area contributed by atoms with Crippen molar-refractivity contribution in [1.82, 2.24) is 9.55 Å². The first-order valence-corrected chi connectivity index (χ1v) is 8.64. The lowest BCUT2D eigenvalue weighted by atomic mass is 10.1. The third kappa shape index (κ3) is 2.71. The second kappa shape index (κ2) is 5.58. The number of fused-ring (bicyclic) bond motifs is 1. The minimum Gasteiger partial charge on any atom is -0.297 e. The zero-order valence-corrected chi connectivity index (χ0v) is 13.7. The number of hydrogen-bond acceptors (Lipinski definition) is 4. The van der Waals surface area contributed by atoms with Gasteiger partial charge < -0.3 is 0 Å². The quantitative estimate of drug-likeness (QED) is 0.724. The van der Waals surface area contributed by atoms with Crippen LogP contribution in [0.3, 0.4) is 0 Å². The molecule has 2 heterocycles. The van der Waals surface area contributed by atoms with Crippen LogP contribution in [0, 0.1) is 5.92 Å². The lowest BCUT2D eigenvalue weighted by Crippen LogP contribution is -2.25. The summed E-state index contributed by atoms with van der Waals surface area (Å²) in [6.07, 6.45) is 3.36. The number of carbonyl (C=O) groups is 1. The predicted molar refractivity (Wildman–Crippen MR) is 92.1 cm³/mol. The smallest absolute Gasteiger partial charge is 0.263 e. The van der Waals surface area contributed by atoms with Crippen molar-refractivity contribution in [1.29, 1.82) is 0 Å². The van der Waals surface area contributed by atoms with E-state index in [1.54, 1.807) is 12.1 Å². The van der Waals surface area contributed by atoms with E-state index in [4.69, 9.17) is 11.6 Å². The molecule has 0 atom stereocenters. The minimum absolute atomic E-state index is 0.113. The number of rotatable bonds is 4. The normalized spacial score (nSPS) is 14.3. The largest absolute Gasteiger partial charge is 0.297 e. The lowest BCUT2D eigenvalue weighted by Gasteiger charge is -2.05. The van der Waals surface area contributed by atoms with E-state index in [1.165, 1.54) is 22.2 Å². The summed E-state index contributed by atoms with van der Waals surface area (Å²) in [5, 5.41) is 3.15. The van der Waals surface area contributed by atoms with E-state index in [-0.39, 0.29) is 23.8 Å². The summed E-state index contributed by atoms with van der Waals surface area (Å²) in [7, 11) is 0. The Morgan fingerprint density at radius 1 is 1.30 bits per heavy atom. The molecule has 0 saturated heterocycles. The Labute approximate surface area is 141 Å². The molecule has 3 aromatic rings. The summed E-state index contributed by atoms with van der Waals surface area (Å²) in [5.41, 5.74) is 1.61. The number of ketones is 1. The average Bonchev–Trinajstić information content (AvgIpc) is 3.31. The van der Waals surface area contributed by atoms with Crippen LogP contribution >= 0.6 is 22.9 Å². The highest BCUT2D eigenvalue weighted by Crippen LogP contribution is 2.32. The molecule has 0 amide bonds. The minimum atomic E-state index is -0.157. The first-order chi connectivity index (χ1) is 11.1. The third-order valence-corrected chi connectivity index (χ3v) is 5.21. The number of hydrogen-bond donors (Lipinski definition) is 0. The van der Waals surface area contributed by atoms with Crippen molar-refractivity contribution < 1.29 is 4.79 Å². The molecule has 0 aliphatic heterocycles. The summed E-state index contributed by atoms with van der Waals surface area (Å²) in [5.74, 6) is 0.257. The van der Waals surface area contributed by atoms with Crippen LogP contribution in [0.5, 0.6) is 0 Å². The van der Waals surface area contributed by atoms with Gasteiger partial charge in [0.15, 0.2) is 5.78 Å². The van der Waals surface area contributed by atoms with Crippen molar-refractivity contribution in [2.24, 2.45) is 5.92 Å². The van der Waals surface area contributed by atoms with Crippen LogP contribution in [-0.2, 0) is 11.3 Å². The van der Waals surface area contributed by atoms with Crippen molar-refractivity contribution in [3.63, 3.8) is 0 Å². The number of Topliss-reactive ketones (excluding diaryl/α,β-unsaturated/α-hetero) is 1. The molecule has 1 aliphatic carbocycles. The van der Waals surface area contributed by atoms with Gasteiger partial charge in [0.2, 0.25) is 0 Å². The van der Waals surface area contributed by atoms with Crippen molar-refractivity contribution in [3.8, 4) is 11.1 Å². The fourth-order valence-electron chi connectivity index (χ4n) is 2.62. The molecule has 0 N–H and O–H groups in total. The zero-order chi connectivity index (χ0) is 16.0. The molecule has 0 unspecified atom stereocenters. The van der Waals surface area contributed by atoms with E-state index in [2.05, 4.69) is 4.98 Å². The molecular formula is C17H13ClN2O2S. The predicted octanol–water partition coefficient (Wildman–Crippen LogP) is 3.76. The van der Waals surface area contributed by atoms with Crippen molar-refractivity contribution in [3.05, 3.63) is 51.3 Å². The second-order valence-electron chi connectivity index (χ2n) is 5.75. The molecule has 1 fully saturated rings. The molecule has 1 aromatic carbocycles. The molecule has 1 saturated carbocycles. The van der Waals surface area contributed by atoms with Gasteiger partial charge >= 0.3 is 0 Å². The maximum Gasteiger partial charge on any atom is 0.263 e. The number of halogens is 1. The zero-order valence-electron chi connectivity index (χ0n) is 12.2. The topological polar surface area (TPSA) is 52.0 Å². The molecule has 0 bridgehead atoms. The third-order valence-electron chi connectivity index (χ3n) is 4.07. The standard InChI is InChI=1S/C17H13ClN2O2S/c18-12-5-3-10(4-6-12)13-8-23-16-15(13)17(22)20(9-19-16)7-14(21)11-1-2-11/h3-6,8-9,11H,1-2,7H2. The van der Waals surface area contributed by atoms with Gasteiger partial charge in [-0.15, -0.1) is 11.3 Å². The molecule has 2 aromatic heterocycles. The highest BCUT2D eigenvalue weighted by Gasteiger charge is 2.29. The van der Waals surface area contributed by atoms with Gasteiger partial charge in [-0.2, -0.15) is 0 Å². The van der Waals surface area contributed by atoms with E-state index < -0.39 is 0 Å². The van der Waals surface area contributed by atoms with E-state index in [0.717, 1.165) is 24.0 Å². The van der Waals surface area contributed by atoms with Crippen LogP contribution < -0.4 is 5.56 Å². The molecule has 1 aliphatic rings. The van der Waals surface area contributed by atoms with E-state index >= 15 is 0 Å². The number of thiophene rings is 1. The van der Waals surface area contributed by atoms with Crippen LogP contribution in [-0.4, -0.2) is 15.3 Å². The molecule has 116 valence electrons. The Morgan fingerprint density at radius 2 is 2.04 bits per heavy atom. The van der Waals surface area contributed by atoms with Crippen LogP contribution in [0.1, 0.15) is 12.8 Å². The maximum absolute atomic E-state index is 12.8. The first-order valence-electron chi connectivity index (χ1n) is 7.39. The van der Waals surface area contributed by atoms with E-state index in [0.29, 0.717) is 15.2 Å². The van der Waals surface area contributed by atoms with Gasteiger partial charge in [0, 0.05) is 21.9 Å². The second-order valence-corrected chi connectivity index (χ2v) is 7.05. The Morgan fingerprint density at radius 3 is 2.74 bits per heavy atom. The van der Waals surface area contributed by atoms with Gasteiger partial charge in [0.1, 0.15) is 4.83 Å². The summed E-state index contributed by atoms with van der Waals surface area (Å²) >= 11 is 7.36. The Balaban J connectivity index is 1.81. The SMILES string of the molecule is O=C(Cn1cnc2scc(-c3ccc(Cl)cc3)c2c1=O)C1CC1. The number of carbonyl (C=O) groups excluding carboxylic acids is 1. The summed E-state index contributed by atoms with van der Waals surface area (Å²) in [6, 6.07) is 7.36. The van der Waals surface area contributed by atoms with Crippen LogP contribution in [0.4, 0.5) is 0 Å². The van der Waals surface area contributed by atoms with Crippen LogP contribution in [0.2, 0.25) is 5.02 Å². The summed E-state index contributed by atoms with van der Waals surface area (Å²) < 4.78 is 1.43. The van der Waals surface area contributed by atoms with Crippen molar-refractivity contribution >= 4 is 38.9 Å². The molecule has 4 rings (SSSR count). The molecule has 4 nitrogen and oxygen atoms in total. The molecule has 23 heavy (non-hydrogen) atoms. The van der Waals surface area contributed by atoms with Gasteiger partial charge in [0.05, 0.1) is 18.3 Å². The molecule has 0 spiro atoms. The van der Waals surface area contributed by atoms with Gasteiger partial charge in [-0.1, -0.05) is 23.7 Å². The molecular weight excluding hydrogens is 332 g/mol. The molecule has 6 heteroatoms. The summed E-state index contributed by atoms with van der Waals surface area (Å²) in [4.78, 5) is 29.8. The fraction of sp³-hybridized carbons (Fsp3) is 0.235. The Bertz CT molecular complexity index is 955. The van der Waals surface area contributed by atoms with Crippen LogP contribution in [0.15, 0.2) is 40.8 Å². The number of aromatic nitrogens is 2. The average molecular weight is 345 g/mol. The highest BCUT2D eigenvalue weighted by atomic mass is 35.5. The van der Waals surface area contributed by atoms with E-state index in [9.17, 15) is 9.59 Å². The van der Waals surface area contributed by atoms with Crippen LogP contribution in [0.25, 0.3) is 21.3 Å². The number of nitrogens with zero attached hydrogens (tertiary/aromatic N) is 2. The Hall–Kier alpha value is -1.98. The van der Waals surface area contributed by atoms with Crippen molar-refractivity contribution in [2.45, 2.75) is 19.4 Å². The lowest BCUT2D eigenvalue weighted by molar-refractivity contribution is -0.120. The van der Waals surface area contributed by atoms with Gasteiger partial charge in [0.25, 0.3) is 5.56 Å². The maximum atomic E-state index is 12.8. The van der Waals surface area contributed by atoms with Crippen molar-refractivity contribution in [2.75, 3.05) is 0 Å².